The third kappa shape index (κ3) is 3.16. The van der Waals surface area contributed by atoms with Gasteiger partial charge in [-0.25, -0.2) is 0 Å². The zero-order valence-electron chi connectivity index (χ0n) is 11.4. The smallest absolute Gasteiger partial charge is 0.120 e. The molecule has 0 aliphatic carbocycles. The van der Waals surface area contributed by atoms with Gasteiger partial charge in [0, 0.05) is 12.3 Å². The van der Waals surface area contributed by atoms with Gasteiger partial charge in [0.25, 0.3) is 0 Å². The molecule has 0 aromatic heterocycles. The van der Waals surface area contributed by atoms with E-state index in [2.05, 4.69) is 12.1 Å². The van der Waals surface area contributed by atoms with Gasteiger partial charge in [-0.3, -0.25) is 0 Å². The minimum atomic E-state index is -0.520. The third-order valence-electron chi connectivity index (χ3n) is 3.54. The molecular formula is C18H14N2O. The van der Waals surface area contributed by atoms with Gasteiger partial charge in [0.05, 0.1) is 23.6 Å². The molecule has 0 saturated heterocycles. The molecule has 0 heterocycles. The summed E-state index contributed by atoms with van der Waals surface area (Å²) >= 11 is 0. The standard InChI is InChI=1S/C18H14N2O/c19-12-15-8-4-5-9-16(15)18(13-20)17(10-11-21)14-6-2-1-3-7-14/h1-9,11,17-18H,10H2/t17-,18-/m1/s1. The Hall–Kier alpha value is -2.91. The molecule has 2 aromatic rings. The number of hydrogen-bond acceptors (Lipinski definition) is 3. The van der Waals surface area contributed by atoms with Crippen LogP contribution in [-0.2, 0) is 4.79 Å². The van der Waals surface area contributed by atoms with Crippen LogP contribution in [0, 0.1) is 22.7 Å². The second-order valence-electron chi connectivity index (χ2n) is 4.73. The highest BCUT2D eigenvalue weighted by Crippen LogP contribution is 2.36. The number of aldehydes is 1. The average molecular weight is 274 g/mol. The highest BCUT2D eigenvalue weighted by Gasteiger charge is 2.26. The Morgan fingerprint density at radius 3 is 2.29 bits per heavy atom. The van der Waals surface area contributed by atoms with Crippen molar-refractivity contribution in [1.29, 1.82) is 10.5 Å². The maximum atomic E-state index is 11.0. The van der Waals surface area contributed by atoms with Crippen molar-refractivity contribution in [2.75, 3.05) is 0 Å². The Bertz CT molecular complexity index is 695. The van der Waals surface area contributed by atoms with Crippen molar-refractivity contribution in [2.45, 2.75) is 18.3 Å². The Balaban J connectivity index is 2.49. The van der Waals surface area contributed by atoms with Crippen molar-refractivity contribution in [3.8, 4) is 12.1 Å². The van der Waals surface area contributed by atoms with Gasteiger partial charge in [0.15, 0.2) is 0 Å². The van der Waals surface area contributed by atoms with Crippen LogP contribution in [0.15, 0.2) is 54.6 Å². The fourth-order valence-corrected chi connectivity index (χ4v) is 2.51. The van der Waals surface area contributed by atoms with E-state index in [-0.39, 0.29) is 12.3 Å². The lowest BCUT2D eigenvalue weighted by atomic mass is 9.79. The molecule has 0 bridgehead atoms. The normalized spacial score (nSPS) is 12.7. The minimum Gasteiger partial charge on any atom is -0.303 e. The van der Waals surface area contributed by atoms with Crippen LogP contribution in [0.25, 0.3) is 0 Å². The number of carbonyl (C=O) groups is 1. The molecule has 2 aromatic carbocycles. The first-order chi connectivity index (χ1) is 10.3. The lowest BCUT2D eigenvalue weighted by molar-refractivity contribution is -0.108. The van der Waals surface area contributed by atoms with Gasteiger partial charge in [-0.2, -0.15) is 10.5 Å². The molecule has 0 spiro atoms. The highest BCUT2D eigenvalue weighted by molar-refractivity contribution is 5.54. The number of rotatable bonds is 5. The van der Waals surface area contributed by atoms with Gasteiger partial charge in [-0.15, -0.1) is 0 Å². The summed E-state index contributed by atoms with van der Waals surface area (Å²) in [4.78, 5) is 11.0. The second kappa shape index (κ2) is 7.03. The van der Waals surface area contributed by atoms with E-state index in [1.165, 1.54) is 0 Å². The molecule has 0 fully saturated rings. The molecule has 0 aliphatic heterocycles. The summed E-state index contributed by atoms with van der Waals surface area (Å²) in [5.74, 6) is -0.767. The van der Waals surface area contributed by atoms with E-state index in [0.717, 1.165) is 11.8 Å². The molecule has 0 N–H and O–H groups in total. The van der Waals surface area contributed by atoms with Crippen molar-refractivity contribution >= 4 is 6.29 Å². The van der Waals surface area contributed by atoms with Gasteiger partial charge in [0.1, 0.15) is 6.29 Å². The SMILES string of the molecule is N#Cc1ccccc1[C@@H](C#N)[C@H](CC=O)c1ccccc1. The fraction of sp³-hybridized carbons (Fsp3) is 0.167. The van der Waals surface area contributed by atoms with Crippen LogP contribution in [0.4, 0.5) is 0 Å². The summed E-state index contributed by atoms with van der Waals surface area (Å²) in [5.41, 5.74) is 2.10. The van der Waals surface area contributed by atoms with Gasteiger partial charge < -0.3 is 4.79 Å². The van der Waals surface area contributed by atoms with Crippen LogP contribution < -0.4 is 0 Å². The number of benzene rings is 2. The van der Waals surface area contributed by atoms with E-state index in [0.29, 0.717) is 11.1 Å². The maximum absolute atomic E-state index is 11.0. The molecule has 0 radical (unpaired) electrons. The topological polar surface area (TPSA) is 64.7 Å². The van der Waals surface area contributed by atoms with E-state index >= 15 is 0 Å². The maximum Gasteiger partial charge on any atom is 0.120 e. The predicted octanol–water partition coefficient (Wildman–Crippen LogP) is 3.54. The summed E-state index contributed by atoms with van der Waals surface area (Å²) in [6.45, 7) is 0. The molecule has 3 nitrogen and oxygen atoms in total. The van der Waals surface area contributed by atoms with Gasteiger partial charge in [-0.1, -0.05) is 48.5 Å². The largest absolute Gasteiger partial charge is 0.303 e. The molecule has 2 atom stereocenters. The summed E-state index contributed by atoms with van der Waals surface area (Å²) in [6.07, 6.45) is 1.08. The zero-order valence-corrected chi connectivity index (χ0v) is 11.4. The quantitative estimate of drug-likeness (QED) is 0.783. The summed E-state index contributed by atoms with van der Waals surface area (Å²) < 4.78 is 0. The molecule has 21 heavy (non-hydrogen) atoms. The number of nitriles is 2. The van der Waals surface area contributed by atoms with Crippen molar-refractivity contribution < 1.29 is 4.79 Å². The average Bonchev–Trinajstić information content (AvgIpc) is 2.56. The molecule has 3 heteroatoms. The first-order valence-corrected chi connectivity index (χ1v) is 6.69. The summed E-state index contributed by atoms with van der Waals surface area (Å²) in [6, 6.07) is 20.9. The van der Waals surface area contributed by atoms with Crippen LogP contribution in [0.5, 0.6) is 0 Å². The lowest BCUT2D eigenvalue weighted by Gasteiger charge is -2.21. The van der Waals surface area contributed by atoms with E-state index in [4.69, 9.17) is 0 Å². The zero-order chi connectivity index (χ0) is 15.1. The molecular weight excluding hydrogens is 260 g/mol. The monoisotopic (exact) mass is 274 g/mol. The lowest BCUT2D eigenvalue weighted by Crippen LogP contribution is -2.12. The Kier molecular flexibility index (Phi) is 4.85. The third-order valence-corrected chi connectivity index (χ3v) is 3.54. The van der Waals surface area contributed by atoms with Gasteiger partial charge in [0.2, 0.25) is 0 Å². The first-order valence-electron chi connectivity index (χ1n) is 6.69. The van der Waals surface area contributed by atoms with Gasteiger partial charge >= 0.3 is 0 Å². The molecule has 0 amide bonds. The molecule has 0 unspecified atom stereocenters. The van der Waals surface area contributed by atoms with E-state index < -0.39 is 5.92 Å². The van der Waals surface area contributed by atoms with E-state index in [1.807, 2.05) is 36.4 Å². The first kappa shape index (κ1) is 14.5. The number of carbonyl (C=O) groups excluding carboxylic acids is 1. The molecule has 0 saturated carbocycles. The Morgan fingerprint density at radius 1 is 1.00 bits per heavy atom. The highest BCUT2D eigenvalue weighted by atomic mass is 16.1. The van der Waals surface area contributed by atoms with Crippen LogP contribution in [-0.4, -0.2) is 6.29 Å². The van der Waals surface area contributed by atoms with Gasteiger partial charge in [-0.05, 0) is 17.2 Å². The van der Waals surface area contributed by atoms with Crippen LogP contribution in [0.2, 0.25) is 0 Å². The van der Waals surface area contributed by atoms with Crippen LogP contribution in [0.3, 0.4) is 0 Å². The Morgan fingerprint density at radius 2 is 1.67 bits per heavy atom. The summed E-state index contributed by atoms with van der Waals surface area (Å²) in [7, 11) is 0. The molecule has 102 valence electrons. The van der Waals surface area contributed by atoms with E-state index in [1.54, 1.807) is 18.2 Å². The number of hydrogen-bond donors (Lipinski definition) is 0. The van der Waals surface area contributed by atoms with Crippen molar-refractivity contribution in [3.05, 3.63) is 71.3 Å². The molecule has 0 aliphatic rings. The number of nitrogens with zero attached hydrogens (tertiary/aromatic N) is 2. The van der Waals surface area contributed by atoms with Crippen LogP contribution in [0.1, 0.15) is 34.9 Å². The minimum absolute atomic E-state index is 0.247. The van der Waals surface area contributed by atoms with Crippen molar-refractivity contribution in [3.63, 3.8) is 0 Å². The molecule has 2 rings (SSSR count). The summed E-state index contributed by atoms with van der Waals surface area (Å²) in [5, 5.41) is 18.8. The van der Waals surface area contributed by atoms with Crippen LogP contribution >= 0.6 is 0 Å². The fourth-order valence-electron chi connectivity index (χ4n) is 2.51. The van der Waals surface area contributed by atoms with Crippen molar-refractivity contribution in [2.24, 2.45) is 0 Å². The predicted molar refractivity (Wildman–Crippen MR) is 79.4 cm³/mol. The van der Waals surface area contributed by atoms with E-state index in [9.17, 15) is 15.3 Å². The Labute approximate surface area is 124 Å². The van der Waals surface area contributed by atoms with Crippen molar-refractivity contribution in [1.82, 2.24) is 0 Å². The second-order valence-corrected chi connectivity index (χ2v) is 4.73.